The molecule has 2 rings (SSSR count). The van der Waals surface area contributed by atoms with Crippen LogP contribution >= 0.6 is 0 Å². The SMILES string of the molecule is O=Nc1ccnc(-c2ccccn2)n1. The Bertz CT molecular complexity index is 444. The molecule has 0 fully saturated rings. The van der Waals surface area contributed by atoms with Gasteiger partial charge in [-0.15, -0.1) is 4.91 Å². The van der Waals surface area contributed by atoms with E-state index in [-0.39, 0.29) is 5.82 Å². The predicted molar refractivity (Wildman–Crippen MR) is 50.7 cm³/mol. The van der Waals surface area contributed by atoms with Crippen molar-refractivity contribution in [2.45, 2.75) is 0 Å². The number of rotatable bonds is 2. The highest BCUT2D eigenvalue weighted by Gasteiger charge is 2.02. The van der Waals surface area contributed by atoms with Gasteiger partial charge in [0.05, 0.1) is 0 Å². The van der Waals surface area contributed by atoms with E-state index in [1.54, 1.807) is 18.3 Å². The van der Waals surface area contributed by atoms with Crippen molar-refractivity contribution in [3.8, 4) is 11.5 Å². The molecule has 0 amide bonds. The fraction of sp³-hybridized carbons (Fsp3) is 0. The van der Waals surface area contributed by atoms with E-state index in [9.17, 15) is 4.91 Å². The van der Waals surface area contributed by atoms with Gasteiger partial charge in [0, 0.05) is 18.5 Å². The van der Waals surface area contributed by atoms with Gasteiger partial charge < -0.3 is 0 Å². The van der Waals surface area contributed by atoms with Crippen LogP contribution in [0.1, 0.15) is 0 Å². The van der Waals surface area contributed by atoms with Crippen LogP contribution in [-0.2, 0) is 0 Å². The molecule has 5 nitrogen and oxygen atoms in total. The molecule has 0 aliphatic rings. The van der Waals surface area contributed by atoms with Gasteiger partial charge in [0.2, 0.25) is 0 Å². The topological polar surface area (TPSA) is 68.1 Å². The molecule has 68 valence electrons. The van der Waals surface area contributed by atoms with E-state index in [0.717, 1.165) is 0 Å². The smallest absolute Gasteiger partial charge is 0.200 e. The van der Waals surface area contributed by atoms with Crippen LogP contribution in [0.15, 0.2) is 41.8 Å². The molecule has 5 heteroatoms. The average molecular weight is 186 g/mol. The standard InChI is InChI=1S/C9H6N4O/c14-13-8-4-6-11-9(12-8)7-3-1-2-5-10-7/h1-6H. The van der Waals surface area contributed by atoms with Crippen LogP contribution in [0.5, 0.6) is 0 Å². The first-order valence-electron chi connectivity index (χ1n) is 3.98. The lowest BCUT2D eigenvalue weighted by Crippen LogP contribution is -1.89. The minimum absolute atomic E-state index is 0.112. The molecule has 2 aromatic heterocycles. The zero-order valence-electron chi connectivity index (χ0n) is 7.16. The Balaban J connectivity index is 2.47. The van der Waals surface area contributed by atoms with Crippen LogP contribution in [0, 0.1) is 4.91 Å². The quantitative estimate of drug-likeness (QED) is 0.672. The number of nitrogens with zero attached hydrogens (tertiary/aromatic N) is 4. The van der Waals surface area contributed by atoms with Gasteiger partial charge in [0.25, 0.3) is 0 Å². The number of hydrogen-bond acceptors (Lipinski definition) is 5. The molecule has 0 atom stereocenters. The zero-order chi connectivity index (χ0) is 9.80. The van der Waals surface area contributed by atoms with Crippen LogP contribution in [0.25, 0.3) is 11.5 Å². The molecule has 0 bridgehead atoms. The molecule has 0 spiro atoms. The summed E-state index contributed by atoms with van der Waals surface area (Å²) >= 11 is 0. The van der Waals surface area contributed by atoms with E-state index in [2.05, 4.69) is 20.1 Å². The van der Waals surface area contributed by atoms with Crippen molar-refractivity contribution in [2.24, 2.45) is 5.18 Å². The van der Waals surface area contributed by atoms with Crippen molar-refractivity contribution in [2.75, 3.05) is 0 Å². The maximum atomic E-state index is 10.2. The average Bonchev–Trinajstić information content (AvgIpc) is 2.30. The highest BCUT2D eigenvalue weighted by atomic mass is 16.3. The van der Waals surface area contributed by atoms with Gasteiger partial charge >= 0.3 is 0 Å². The van der Waals surface area contributed by atoms with Crippen molar-refractivity contribution in [3.63, 3.8) is 0 Å². The fourth-order valence-corrected chi connectivity index (χ4v) is 1.02. The summed E-state index contributed by atoms with van der Waals surface area (Å²) < 4.78 is 0. The minimum atomic E-state index is 0.112. The van der Waals surface area contributed by atoms with Crippen LogP contribution in [0.2, 0.25) is 0 Å². The molecular formula is C9H6N4O. The molecular weight excluding hydrogens is 180 g/mol. The second-order valence-electron chi connectivity index (χ2n) is 2.54. The molecule has 2 heterocycles. The maximum Gasteiger partial charge on any atom is 0.200 e. The van der Waals surface area contributed by atoms with Gasteiger partial charge in [0.15, 0.2) is 11.6 Å². The van der Waals surface area contributed by atoms with Crippen LogP contribution in [0.3, 0.4) is 0 Å². The van der Waals surface area contributed by atoms with E-state index < -0.39 is 0 Å². The largest absolute Gasteiger partial charge is 0.253 e. The van der Waals surface area contributed by atoms with E-state index in [1.165, 1.54) is 12.3 Å². The molecule has 0 N–H and O–H groups in total. The van der Waals surface area contributed by atoms with E-state index in [1.807, 2.05) is 6.07 Å². The first-order chi connectivity index (χ1) is 6.90. The van der Waals surface area contributed by atoms with Gasteiger partial charge in [0.1, 0.15) is 5.69 Å². The van der Waals surface area contributed by atoms with E-state index in [0.29, 0.717) is 11.5 Å². The normalized spacial score (nSPS) is 9.71. The summed E-state index contributed by atoms with van der Waals surface area (Å²) in [5.41, 5.74) is 0.623. The summed E-state index contributed by atoms with van der Waals surface area (Å²) in [5.74, 6) is 0.517. The van der Waals surface area contributed by atoms with Gasteiger partial charge in [-0.05, 0) is 17.3 Å². The lowest BCUT2D eigenvalue weighted by Gasteiger charge is -1.96. The molecule has 0 saturated heterocycles. The highest BCUT2D eigenvalue weighted by molar-refractivity contribution is 5.50. The molecule has 14 heavy (non-hydrogen) atoms. The zero-order valence-corrected chi connectivity index (χ0v) is 7.16. The Kier molecular flexibility index (Phi) is 2.22. The second-order valence-corrected chi connectivity index (χ2v) is 2.54. The summed E-state index contributed by atoms with van der Waals surface area (Å²) in [4.78, 5) is 22.2. The maximum absolute atomic E-state index is 10.2. The summed E-state index contributed by atoms with van der Waals surface area (Å²) in [6, 6.07) is 6.83. The second kappa shape index (κ2) is 3.69. The van der Waals surface area contributed by atoms with Crippen molar-refractivity contribution < 1.29 is 0 Å². The summed E-state index contributed by atoms with van der Waals surface area (Å²) in [5, 5.41) is 2.73. The molecule has 2 aromatic rings. The molecule has 0 aliphatic carbocycles. The van der Waals surface area contributed by atoms with E-state index >= 15 is 0 Å². The summed E-state index contributed by atoms with van der Waals surface area (Å²) in [6.45, 7) is 0. The van der Waals surface area contributed by atoms with Crippen molar-refractivity contribution in [1.29, 1.82) is 0 Å². The van der Waals surface area contributed by atoms with E-state index in [4.69, 9.17) is 0 Å². The predicted octanol–water partition coefficient (Wildman–Crippen LogP) is 1.94. The molecule has 0 radical (unpaired) electrons. The Morgan fingerprint density at radius 2 is 2.00 bits per heavy atom. The number of pyridine rings is 1. The van der Waals surface area contributed by atoms with Gasteiger partial charge in [-0.25, -0.2) is 9.97 Å². The summed E-state index contributed by atoms with van der Waals surface area (Å²) in [7, 11) is 0. The summed E-state index contributed by atoms with van der Waals surface area (Å²) in [6.07, 6.45) is 3.12. The third-order valence-corrected chi connectivity index (χ3v) is 1.63. The Morgan fingerprint density at radius 1 is 1.07 bits per heavy atom. The third-order valence-electron chi connectivity index (χ3n) is 1.63. The van der Waals surface area contributed by atoms with Crippen LogP contribution in [-0.4, -0.2) is 15.0 Å². The first-order valence-corrected chi connectivity index (χ1v) is 3.98. The Labute approximate surface area is 79.8 Å². The third kappa shape index (κ3) is 1.61. The lowest BCUT2D eigenvalue weighted by atomic mass is 10.3. The van der Waals surface area contributed by atoms with Crippen molar-refractivity contribution >= 4 is 5.82 Å². The van der Waals surface area contributed by atoms with Gasteiger partial charge in [-0.1, -0.05) is 6.07 Å². The van der Waals surface area contributed by atoms with Gasteiger partial charge in [-0.2, -0.15) is 0 Å². The Morgan fingerprint density at radius 3 is 2.71 bits per heavy atom. The molecule has 0 unspecified atom stereocenters. The van der Waals surface area contributed by atoms with Crippen molar-refractivity contribution in [1.82, 2.24) is 15.0 Å². The molecule has 0 aliphatic heterocycles. The minimum Gasteiger partial charge on any atom is -0.253 e. The number of aromatic nitrogens is 3. The monoisotopic (exact) mass is 186 g/mol. The van der Waals surface area contributed by atoms with Crippen LogP contribution < -0.4 is 0 Å². The van der Waals surface area contributed by atoms with Gasteiger partial charge in [-0.3, -0.25) is 4.98 Å². The Hall–Kier alpha value is -2.17. The number of nitroso groups, excluding NO2 is 1. The van der Waals surface area contributed by atoms with Crippen LogP contribution in [0.4, 0.5) is 5.82 Å². The molecule has 0 aromatic carbocycles. The number of hydrogen-bond donors (Lipinski definition) is 0. The van der Waals surface area contributed by atoms with Crippen molar-refractivity contribution in [3.05, 3.63) is 41.6 Å². The highest BCUT2D eigenvalue weighted by Crippen LogP contribution is 2.13. The fourth-order valence-electron chi connectivity index (χ4n) is 1.02. The first kappa shape index (κ1) is 8.43. The lowest BCUT2D eigenvalue weighted by molar-refractivity contribution is 1.13. The molecule has 0 saturated carbocycles.